The normalized spacial score (nSPS) is 19.4. The third kappa shape index (κ3) is 5.24. The minimum Gasteiger partial charge on any atom is -0.390 e. The lowest BCUT2D eigenvalue weighted by Gasteiger charge is -2.35. The first-order valence-electron chi connectivity index (χ1n) is 8.40. The Kier molecular flexibility index (Phi) is 6.68. The number of likely N-dealkylation sites (N-methyl/N-ethyl adjacent to an activating group) is 2. The van der Waals surface area contributed by atoms with Crippen molar-refractivity contribution in [1.82, 2.24) is 14.7 Å². The maximum atomic E-state index is 10.9. The summed E-state index contributed by atoms with van der Waals surface area (Å²) in [6, 6.07) is 6.71. The van der Waals surface area contributed by atoms with Crippen LogP contribution in [-0.4, -0.2) is 84.2 Å². The van der Waals surface area contributed by atoms with E-state index in [0.29, 0.717) is 13.1 Å². The van der Waals surface area contributed by atoms with Crippen LogP contribution < -0.4 is 0 Å². The van der Waals surface area contributed by atoms with Crippen molar-refractivity contribution in [2.75, 3.05) is 53.4 Å². The highest BCUT2D eigenvalue weighted by molar-refractivity contribution is 5.35. The molecule has 24 heavy (non-hydrogen) atoms. The topological polar surface area (TPSA) is 73.1 Å². The van der Waals surface area contributed by atoms with Crippen LogP contribution in [0.2, 0.25) is 0 Å². The molecule has 1 aromatic rings. The molecule has 2 unspecified atom stereocenters. The zero-order valence-electron chi connectivity index (χ0n) is 14.8. The van der Waals surface area contributed by atoms with Gasteiger partial charge in [0.1, 0.15) is 0 Å². The van der Waals surface area contributed by atoms with Gasteiger partial charge in [-0.05, 0) is 26.6 Å². The van der Waals surface area contributed by atoms with Crippen LogP contribution in [0.5, 0.6) is 0 Å². The molecule has 1 saturated heterocycles. The Morgan fingerprint density at radius 3 is 2.62 bits per heavy atom. The van der Waals surface area contributed by atoms with Gasteiger partial charge in [0.25, 0.3) is 5.69 Å². The summed E-state index contributed by atoms with van der Waals surface area (Å²) in [4.78, 5) is 17.2. The minimum atomic E-state index is -0.431. The molecule has 2 atom stereocenters. The maximum Gasteiger partial charge on any atom is 0.269 e. The van der Waals surface area contributed by atoms with Gasteiger partial charge in [0.05, 0.1) is 11.0 Å². The Labute approximate surface area is 143 Å². The van der Waals surface area contributed by atoms with Crippen molar-refractivity contribution in [2.45, 2.75) is 19.1 Å². The average Bonchev–Trinajstić information content (AvgIpc) is 2.56. The molecule has 1 aliphatic rings. The van der Waals surface area contributed by atoms with E-state index in [4.69, 9.17) is 0 Å². The lowest BCUT2D eigenvalue weighted by atomic mass is 10.1. The molecule has 0 aliphatic carbocycles. The monoisotopic (exact) mass is 336 g/mol. The lowest BCUT2D eigenvalue weighted by Crippen LogP contribution is -2.48. The Morgan fingerprint density at radius 2 is 2.00 bits per heavy atom. The van der Waals surface area contributed by atoms with Gasteiger partial charge in [0, 0.05) is 57.4 Å². The van der Waals surface area contributed by atoms with E-state index >= 15 is 0 Å². The summed E-state index contributed by atoms with van der Waals surface area (Å²) in [6.07, 6.45) is -0.431. The van der Waals surface area contributed by atoms with E-state index in [1.54, 1.807) is 12.1 Å². The second kappa shape index (κ2) is 8.53. The fourth-order valence-electron chi connectivity index (χ4n) is 3.03. The highest BCUT2D eigenvalue weighted by atomic mass is 16.6. The van der Waals surface area contributed by atoms with Gasteiger partial charge >= 0.3 is 0 Å². The molecular formula is C17H28N4O3. The molecule has 0 radical (unpaired) electrons. The summed E-state index contributed by atoms with van der Waals surface area (Å²) in [7, 11) is 4.05. The average molecular weight is 336 g/mol. The maximum absolute atomic E-state index is 10.9. The largest absolute Gasteiger partial charge is 0.390 e. The van der Waals surface area contributed by atoms with Crippen LogP contribution in [0.3, 0.4) is 0 Å². The van der Waals surface area contributed by atoms with Crippen LogP contribution in [0, 0.1) is 10.1 Å². The third-order valence-corrected chi connectivity index (χ3v) is 4.79. The van der Waals surface area contributed by atoms with Gasteiger partial charge in [0.15, 0.2) is 0 Å². The van der Waals surface area contributed by atoms with Gasteiger partial charge in [-0.2, -0.15) is 0 Å². The zero-order valence-corrected chi connectivity index (χ0v) is 14.8. The molecule has 1 aromatic carbocycles. The number of hydrogen-bond acceptors (Lipinski definition) is 6. The highest BCUT2D eigenvalue weighted by Crippen LogP contribution is 2.23. The van der Waals surface area contributed by atoms with Crippen molar-refractivity contribution in [1.29, 1.82) is 0 Å². The summed E-state index contributed by atoms with van der Waals surface area (Å²) in [5, 5.41) is 21.3. The number of β-amino-alcohol motifs (C(OH)–C–C–N with tert-alkyl or cyclic N) is 1. The van der Waals surface area contributed by atoms with Gasteiger partial charge in [-0.25, -0.2) is 0 Å². The lowest BCUT2D eigenvalue weighted by molar-refractivity contribution is -0.384. The number of piperazine rings is 1. The van der Waals surface area contributed by atoms with Crippen LogP contribution in [0.25, 0.3) is 0 Å². The summed E-state index contributed by atoms with van der Waals surface area (Å²) in [6.45, 7) is 7.24. The number of aliphatic hydroxyl groups excluding tert-OH is 1. The number of benzene rings is 1. The quantitative estimate of drug-likeness (QED) is 0.596. The minimum absolute atomic E-state index is 0.00652. The number of aliphatic hydroxyl groups is 1. The van der Waals surface area contributed by atoms with Gasteiger partial charge in [-0.1, -0.05) is 12.1 Å². The van der Waals surface area contributed by atoms with E-state index in [1.165, 1.54) is 6.07 Å². The van der Waals surface area contributed by atoms with Gasteiger partial charge < -0.3 is 10.0 Å². The fourth-order valence-corrected chi connectivity index (χ4v) is 3.03. The van der Waals surface area contributed by atoms with E-state index in [-0.39, 0.29) is 16.7 Å². The second-order valence-electron chi connectivity index (χ2n) is 6.73. The van der Waals surface area contributed by atoms with Crippen molar-refractivity contribution in [2.24, 2.45) is 0 Å². The summed E-state index contributed by atoms with van der Waals surface area (Å²) < 4.78 is 0. The number of nitro groups is 1. The van der Waals surface area contributed by atoms with Crippen molar-refractivity contribution in [3.8, 4) is 0 Å². The summed E-state index contributed by atoms with van der Waals surface area (Å²) in [5.41, 5.74) is 0.990. The van der Waals surface area contributed by atoms with Crippen LogP contribution in [-0.2, 0) is 0 Å². The summed E-state index contributed by atoms with van der Waals surface area (Å²) in [5.74, 6) is 0. The van der Waals surface area contributed by atoms with Crippen LogP contribution in [0.4, 0.5) is 5.69 Å². The van der Waals surface area contributed by atoms with Gasteiger partial charge in [-0.15, -0.1) is 0 Å². The van der Waals surface area contributed by atoms with Crippen LogP contribution in [0.1, 0.15) is 18.5 Å². The van der Waals surface area contributed by atoms with Crippen molar-refractivity contribution < 1.29 is 10.0 Å². The van der Waals surface area contributed by atoms with E-state index in [9.17, 15) is 15.2 Å². The molecule has 1 fully saturated rings. The standard InChI is InChI=1S/C17H28N4O3/c1-14(15-5-4-6-16(11-15)21(23)24)19(3)12-17(22)13-20-9-7-18(2)8-10-20/h4-6,11,14,17,22H,7-10,12-13H2,1-3H3. The fraction of sp³-hybridized carbons (Fsp3) is 0.647. The summed E-state index contributed by atoms with van der Waals surface area (Å²) >= 11 is 0. The SMILES string of the molecule is CC(c1cccc([N+](=O)[O-])c1)N(C)CC(O)CN1CCN(C)CC1. The van der Waals surface area contributed by atoms with Crippen molar-refractivity contribution in [3.05, 3.63) is 39.9 Å². The number of nitro benzene ring substituents is 1. The van der Waals surface area contributed by atoms with Crippen LogP contribution in [0.15, 0.2) is 24.3 Å². The molecule has 0 amide bonds. The Balaban J connectivity index is 1.87. The smallest absolute Gasteiger partial charge is 0.269 e. The molecule has 7 heteroatoms. The molecular weight excluding hydrogens is 308 g/mol. The van der Waals surface area contributed by atoms with Crippen molar-refractivity contribution in [3.63, 3.8) is 0 Å². The number of rotatable bonds is 7. The second-order valence-corrected chi connectivity index (χ2v) is 6.73. The molecule has 2 rings (SSSR count). The molecule has 0 aromatic heterocycles. The Bertz CT molecular complexity index is 546. The highest BCUT2D eigenvalue weighted by Gasteiger charge is 2.21. The first kappa shape index (κ1) is 18.8. The van der Waals surface area contributed by atoms with Gasteiger partial charge in [0.2, 0.25) is 0 Å². The van der Waals surface area contributed by atoms with Crippen LogP contribution >= 0.6 is 0 Å². The third-order valence-electron chi connectivity index (χ3n) is 4.79. The number of non-ortho nitro benzene ring substituents is 1. The van der Waals surface area contributed by atoms with E-state index in [0.717, 1.165) is 31.7 Å². The molecule has 134 valence electrons. The molecule has 1 heterocycles. The van der Waals surface area contributed by atoms with Crippen molar-refractivity contribution >= 4 is 5.69 Å². The van der Waals surface area contributed by atoms with E-state index in [1.807, 2.05) is 24.9 Å². The molecule has 1 aliphatic heterocycles. The molecule has 0 bridgehead atoms. The predicted molar refractivity (Wildman–Crippen MR) is 94.1 cm³/mol. The Morgan fingerprint density at radius 1 is 1.33 bits per heavy atom. The van der Waals surface area contributed by atoms with Gasteiger partial charge in [-0.3, -0.25) is 19.9 Å². The van der Waals surface area contributed by atoms with E-state index in [2.05, 4.69) is 16.8 Å². The molecule has 0 spiro atoms. The molecule has 0 saturated carbocycles. The predicted octanol–water partition coefficient (Wildman–Crippen LogP) is 1.20. The first-order valence-corrected chi connectivity index (χ1v) is 8.40. The van der Waals surface area contributed by atoms with E-state index < -0.39 is 6.10 Å². The number of nitrogens with zero attached hydrogens (tertiary/aromatic N) is 4. The number of hydrogen-bond donors (Lipinski definition) is 1. The molecule has 1 N–H and O–H groups in total. The first-order chi connectivity index (χ1) is 11.4. The molecule has 7 nitrogen and oxygen atoms in total. The Hall–Kier alpha value is -1.54. The zero-order chi connectivity index (χ0) is 17.7.